The van der Waals surface area contributed by atoms with E-state index in [1.165, 1.54) is 0 Å². The normalized spacial score (nSPS) is 12.0. The Labute approximate surface area is 153 Å². The maximum absolute atomic E-state index is 9.21. The number of aromatic nitrogens is 2. The van der Waals surface area contributed by atoms with Crippen molar-refractivity contribution in [3.63, 3.8) is 0 Å². The van der Waals surface area contributed by atoms with E-state index < -0.39 is 0 Å². The summed E-state index contributed by atoms with van der Waals surface area (Å²) in [6.45, 7) is 3.98. The van der Waals surface area contributed by atoms with Gasteiger partial charge in [0.25, 0.3) is 0 Å². The number of rotatable bonds is 3. The molecule has 3 rings (SSSR count). The van der Waals surface area contributed by atoms with E-state index in [0.29, 0.717) is 11.4 Å². The van der Waals surface area contributed by atoms with Crippen molar-refractivity contribution in [2.45, 2.75) is 19.9 Å². The fourth-order valence-electron chi connectivity index (χ4n) is 2.71. The van der Waals surface area contributed by atoms with Crippen LogP contribution in [-0.2, 0) is 0 Å². The maximum Gasteiger partial charge on any atom is 0.224 e. The minimum atomic E-state index is -0.0357. The minimum Gasteiger partial charge on any atom is -0.363 e. The molecule has 0 bridgehead atoms. The molecule has 1 heterocycles. The monoisotopic (exact) mass is 400 g/mol. The average molecular weight is 402 g/mol. The van der Waals surface area contributed by atoms with E-state index in [4.69, 9.17) is 11.6 Å². The molecule has 1 aromatic heterocycles. The van der Waals surface area contributed by atoms with Crippen LogP contribution in [0.1, 0.15) is 29.7 Å². The quantitative estimate of drug-likeness (QED) is 0.597. The van der Waals surface area contributed by atoms with Gasteiger partial charge in [-0.3, -0.25) is 0 Å². The van der Waals surface area contributed by atoms with Crippen molar-refractivity contribution < 1.29 is 0 Å². The third kappa shape index (κ3) is 3.21. The second-order valence-electron chi connectivity index (χ2n) is 5.50. The Kier molecular flexibility index (Phi) is 4.70. The molecule has 0 spiro atoms. The second-order valence-corrected chi connectivity index (χ2v) is 6.75. The minimum absolute atomic E-state index is 0.0357. The lowest BCUT2D eigenvalue weighted by Gasteiger charge is -2.19. The van der Waals surface area contributed by atoms with Gasteiger partial charge in [-0.1, -0.05) is 28.1 Å². The number of benzene rings is 2. The van der Waals surface area contributed by atoms with Crippen molar-refractivity contribution >= 4 is 44.3 Å². The predicted octanol–water partition coefficient (Wildman–Crippen LogP) is 5.40. The summed E-state index contributed by atoms with van der Waals surface area (Å²) in [5, 5.41) is 13.7. The van der Waals surface area contributed by atoms with Crippen LogP contribution in [0.2, 0.25) is 5.28 Å². The van der Waals surface area contributed by atoms with Crippen molar-refractivity contribution in [2.75, 3.05) is 5.32 Å². The largest absolute Gasteiger partial charge is 0.363 e. The van der Waals surface area contributed by atoms with Crippen LogP contribution in [0.25, 0.3) is 10.9 Å². The Hall–Kier alpha value is -2.16. The summed E-state index contributed by atoms with van der Waals surface area (Å²) in [5.74, 6) is 0.667. The molecule has 24 heavy (non-hydrogen) atoms. The zero-order chi connectivity index (χ0) is 17.3. The number of nitrogens with one attached hydrogen (secondary N) is 1. The molecule has 4 nitrogen and oxygen atoms in total. The van der Waals surface area contributed by atoms with E-state index in [9.17, 15) is 5.26 Å². The van der Waals surface area contributed by atoms with Crippen LogP contribution in [0.15, 0.2) is 40.9 Å². The molecule has 1 atom stereocenters. The van der Waals surface area contributed by atoms with Gasteiger partial charge >= 0.3 is 0 Å². The average Bonchev–Trinajstić information content (AvgIpc) is 2.55. The standard InChI is InChI=1S/C18H14BrClN4/c1-10-12(9-21)4-3-5-14(10)11(2)22-17-15-8-13(19)6-7-16(15)23-18(20)24-17/h3-8,11H,1-2H3,(H,22,23,24)/t11-/m1/s1. The van der Waals surface area contributed by atoms with Crippen LogP contribution in [-0.4, -0.2) is 9.97 Å². The molecule has 0 saturated carbocycles. The van der Waals surface area contributed by atoms with Gasteiger partial charge in [-0.25, -0.2) is 9.97 Å². The van der Waals surface area contributed by atoms with Crippen molar-refractivity contribution in [3.8, 4) is 6.07 Å². The number of hydrogen-bond acceptors (Lipinski definition) is 4. The summed E-state index contributed by atoms with van der Waals surface area (Å²) >= 11 is 9.53. The van der Waals surface area contributed by atoms with E-state index in [-0.39, 0.29) is 11.3 Å². The molecule has 0 aliphatic rings. The highest BCUT2D eigenvalue weighted by molar-refractivity contribution is 9.10. The van der Waals surface area contributed by atoms with Crippen LogP contribution in [0, 0.1) is 18.3 Å². The Morgan fingerprint density at radius 3 is 2.79 bits per heavy atom. The summed E-state index contributed by atoms with van der Waals surface area (Å²) < 4.78 is 0.944. The Morgan fingerprint density at radius 2 is 2.04 bits per heavy atom. The molecule has 1 N–H and O–H groups in total. The molecule has 6 heteroatoms. The molecule has 2 aromatic carbocycles. The number of nitriles is 1. The Morgan fingerprint density at radius 1 is 1.25 bits per heavy atom. The SMILES string of the molecule is Cc1c(C#N)cccc1[C@@H](C)Nc1nc(Cl)nc2ccc(Br)cc12. The number of nitrogens with zero attached hydrogens (tertiary/aromatic N) is 3. The Bertz CT molecular complexity index is 965. The molecule has 0 fully saturated rings. The first kappa shape index (κ1) is 16.7. The van der Waals surface area contributed by atoms with E-state index in [2.05, 4.69) is 37.3 Å². The zero-order valence-electron chi connectivity index (χ0n) is 13.1. The summed E-state index contributed by atoms with van der Waals surface area (Å²) in [7, 11) is 0. The number of anilines is 1. The fraction of sp³-hybridized carbons (Fsp3) is 0.167. The summed E-state index contributed by atoms with van der Waals surface area (Å²) in [6, 6.07) is 13.7. The Balaban J connectivity index is 2.04. The van der Waals surface area contributed by atoms with Crippen molar-refractivity contribution in [3.05, 3.63) is 62.8 Å². The topological polar surface area (TPSA) is 61.6 Å². The van der Waals surface area contributed by atoms with Gasteiger partial charge in [0.15, 0.2) is 0 Å². The summed E-state index contributed by atoms with van der Waals surface area (Å²) in [4.78, 5) is 8.59. The van der Waals surface area contributed by atoms with E-state index >= 15 is 0 Å². The highest BCUT2D eigenvalue weighted by Gasteiger charge is 2.14. The van der Waals surface area contributed by atoms with Gasteiger partial charge in [0, 0.05) is 9.86 Å². The van der Waals surface area contributed by atoms with Crippen molar-refractivity contribution in [1.82, 2.24) is 9.97 Å². The third-order valence-electron chi connectivity index (χ3n) is 3.95. The molecule has 0 radical (unpaired) electrons. The fourth-order valence-corrected chi connectivity index (χ4v) is 3.25. The second kappa shape index (κ2) is 6.76. The highest BCUT2D eigenvalue weighted by Crippen LogP contribution is 2.29. The van der Waals surface area contributed by atoms with Crippen molar-refractivity contribution in [2.24, 2.45) is 0 Å². The summed E-state index contributed by atoms with van der Waals surface area (Å²) in [5.41, 5.74) is 3.46. The first-order valence-electron chi connectivity index (χ1n) is 7.38. The number of hydrogen-bond donors (Lipinski definition) is 1. The van der Waals surface area contributed by atoms with Crippen LogP contribution in [0.4, 0.5) is 5.82 Å². The van der Waals surface area contributed by atoms with Crippen molar-refractivity contribution in [1.29, 1.82) is 5.26 Å². The maximum atomic E-state index is 9.21. The summed E-state index contributed by atoms with van der Waals surface area (Å²) in [6.07, 6.45) is 0. The lowest BCUT2D eigenvalue weighted by Crippen LogP contribution is -2.11. The van der Waals surface area contributed by atoms with E-state index in [1.54, 1.807) is 0 Å². The molecular weight excluding hydrogens is 388 g/mol. The van der Waals surface area contributed by atoms with Gasteiger partial charge in [0.05, 0.1) is 23.2 Å². The molecule has 0 saturated heterocycles. The lowest BCUT2D eigenvalue weighted by atomic mass is 9.98. The smallest absolute Gasteiger partial charge is 0.224 e. The van der Waals surface area contributed by atoms with Gasteiger partial charge in [-0.15, -0.1) is 0 Å². The molecule has 0 unspecified atom stereocenters. The van der Waals surface area contributed by atoms with Gasteiger partial charge in [0.1, 0.15) is 5.82 Å². The molecule has 120 valence electrons. The van der Waals surface area contributed by atoms with Gasteiger partial charge in [0.2, 0.25) is 5.28 Å². The molecule has 3 aromatic rings. The highest BCUT2D eigenvalue weighted by atomic mass is 79.9. The lowest BCUT2D eigenvalue weighted by molar-refractivity contribution is 0.865. The molecule has 0 aliphatic heterocycles. The predicted molar refractivity (Wildman–Crippen MR) is 100 cm³/mol. The zero-order valence-corrected chi connectivity index (χ0v) is 15.5. The van der Waals surface area contributed by atoms with Gasteiger partial charge < -0.3 is 5.32 Å². The molecule has 0 aliphatic carbocycles. The van der Waals surface area contributed by atoms with Crippen LogP contribution >= 0.6 is 27.5 Å². The van der Waals surface area contributed by atoms with Crippen LogP contribution in [0.3, 0.4) is 0 Å². The van der Waals surface area contributed by atoms with Gasteiger partial charge in [-0.2, -0.15) is 5.26 Å². The third-order valence-corrected chi connectivity index (χ3v) is 4.61. The molecule has 0 amide bonds. The first-order chi connectivity index (χ1) is 11.5. The van der Waals surface area contributed by atoms with Gasteiger partial charge in [-0.05, 0) is 60.8 Å². The number of halogens is 2. The molecular formula is C18H14BrClN4. The number of fused-ring (bicyclic) bond motifs is 1. The van der Waals surface area contributed by atoms with Crippen LogP contribution < -0.4 is 5.32 Å². The van der Waals surface area contributed by atoms with E-state index in [0.717, 1.165) is 26.5 Å². The van der Waals surface area contributed by atoms with Crippen LogP contribution in [0.5, 0.6) is 0 Å². The van der Waals surface area contributed by atoms with E-state index in [1.807, 2.05) is 50.2 Å². The first-order valence-corrected chi connectivity index (χ1v) is 8.55.